The van der Waals surface area contributed by atoms with Gasteiger partial charge in [-0.25, -0.2) is 4.79 Å². The third-order valence-corrected chi connectivity index (χ3v) is 1.47. The Morgan fingerprint density at radius 3 is 2.58 bits per heavy atom. The Kier molecular flexibility index (Phi) is 2.49. The molecule has 1 aliphatic rings. The van der Waals surface area contributed by atoms with Crippen LogP contribution < -0.4 is 0 Å². The van der Waals surface area contributed by atoms with Crippen LogP contribution in [0.4, 0.5) is 17.7 Å². The highest BCUT2D eigenvalue weighted by Crippen LogP contribution is 2.21. The number of carbonyl (C=O) groups is 1. The first-order valence-electron chi connectivity index (χ1n) is 3.52. The van der Waals surface area contributed by atoms with Crippen LogP contribution in [-0.4, -0.2) is 25.8 Å². The van der Waals surface area contributed by atoms with Crippen LogP contribution in [0.15, 0.2) is 0 Å². The monoisotopic (exact) mass is 183 g/mol. The number of cyclic esters (lactones) is 2. The Morgan fingerprint density at radius 1 is 1.50 bits per heavy atom. The molecule has 3 nitrogen and oxygen atoms in total. The quantitative estimate of drug-likeness (QED) is 0.493. The van der Waals surface area contributed by atoms with E-state index in [0.717, 1.165) is 0 Å². The Morgan fingerprint density at radius 2 is 2.17 bits per heavy atom. The summed E-state index contributed by atoms with van der Waals surface area (Å²) in [6.07, 6.45) is -2.69. The molecule has 0 saturated carbocycles. The van der Waals surface area contributed by atoms with Gasteiger partial charge in [-0.2, -0.15) is 0 Å². The first kappa shape index (κ1) is 9.21. The summed E-state index contributed by atoms with van der Waals surface area (Å²) in [5.74, 6) is 0. The molecular formula is C5H7BF3O3-. The SMILES string of the molecule is O=C1OCC(CC[B-](F)(F)F)O1. The maximum atomic E-state index is 11.7. The van der Waals surface area contributed by atoms with Gasteiger partial charge in [-0.3, -0.25) is 0 Å². The second-order valence-electron chi connectivity index (χ2n) is 2.59. The van der Waals surface area contributed by atoms with E-state index in [9.17, 15) is 17.7 Å². The number of hydrogen-bond donors (Lipinski definition) is 0. The number of rotatable bonds is 3. The van der Waals surface area contributed by atoms with Crippen molar-refractivity contribution in [3.8, 4) is 0 Å². The Balaban J connectivity index is 2.20. The van der Waals surface area contributed by atoms with Gasteiger partial charge >= 0.3 is 13.1 Å². The zero-order valence-corrected chi connectivity index (χ0v) is 6.13. The number of ether oxygens (including phenoxy) is 2. The molecule has 1 saturated heterocycles. The molecule has 70 valence electrons. The maximum absolute atomic E-state index is 11.7. The van der Waals surface area contributed by atoms with E-state index in [2.05, 4.69) is 9.47 Å². The van der Waals surface area contributed by atoms with Crippen molar-refractivity contribution in [2.75, 3.05) is 6.61 Å². The van der Waals surface area contributed by atoms with Crippen molar-refractivity contribution < 1.29 is 27.2 Å². The van der Waals surface area contributed by atoms with Gasteiger partial charge in [0.25, 0.3) is 0 Å². The van der Waals surface area contributed by atoms with Crippen molar-refractivity contribution >= 4 is 13.1 Å². The molecule has 7 heteroatoms. The molecule has 0 aromatic heterocycles. The molecular weight excluding hydrogens is 176 g/mol. The normalized spacial score (nSPS) is 23.6. The van der Waals surface area contributed by atoms with E-state index < -0.39 is 25.6 Å². The summed E-state index contributed by atoms with van der Waals surface area (Å²) >= 11 is 0. The van der Waals surface area contributed by atoms with Gasteiger partial charge in [0.15, 0.2) is 0 Å². The Bertz CT molecular complexity index is 181. The summed E-state index contributed by atoms with van der Waals surface area (Å²) < 4.78 is 43.8. The van der Waals surface area contributed by atoms with E-state index in [1.54, 1.807) is 0 Å². The van der Waals surface area contributed by atoms with E-state index in [1.165, 1.54) is 0 Å². The first-order valence-corrected chi connectivity index (χ1v) is 3.52. The molecule has 0 bridgehead atoms. The molecule has 1 fully saturated rings. The van der Waals surface area contributed by atoms with Gasteiger partial charge in [0.05, 0.1) is 0 Å². The van der Waals surface area contributed by atoms with E-state index >= 15 is 0 Å². The lowest BCUT2D eigenvalue weighted by molar-refractivity contribution is 0.116. The largest absolute Gasteiger partial charge is 0.508 e. The van der Waals surface area contributed by atoms with E-state index in [-0.39, 0.29) is 13.0 Å². The van der Waals surface area contributed by atoms with Crippen LogP contribution in [0.1, 0.15) is 6.42 Å². The van der Waals surface area contributed by atoms with Crippen LogP contribution in [0.25, 0.3) is 0 Å². The summed E-state index contributed by atoms with van der Waals surface area (Å²) in [5.41, 5.74) is 0. The highest BCUT2D eigenvalue weighted by molar-refractivity contribution is 6.58. The van der Waals surface area contributed by atoms with Crippen molar-refractivity contribution in [2.45, 2.75) is 18.8 Å². The predicted molar refractivity (Wildman–Crippen MR) is 34.7 cm³/mol. The zero-order chi connectivity index (χ0) is 9.19. The third-order valence-electron chi connectivity index (χ3n) is 1.47. The molecule has 0 aromatic carbocycles. The standard InChI is InChI=1S/C5H7BF3O3/c7-6(8,9)2-1-4-3-11-5(10)12-4/h4H,1-3H2/q-1. The van der Waals surface area contributed by atoms with Crippen molar-refractivity contribution in [1.29, 1.82) is 0 Å². The summed E-state index contributed by atoms with van der Waals surface area (Å²) in [4.78, 5) is 10.3. The fraction of sp³-hybridized carbons (Fsp3) is 0.800. The molecule has 0 aromatic rings. The molecule has 0 amide bonds. The molecule has 1 atom stereocenters. The average Bonchev–Trinajstić information content (AvgIpc) is 2.30. The fourth-order valence-corrected chi connectivity index (χ4v) is 0.882. The van der Waals surface area contributed by atoms with E-state index in [4.69, 9.17) is 0 Å². The van der Waals surface area contributed by atoms with Crippen LogP contribution in [0, 0.1) is 0 Å². The number of carbonyl (C=O) groups excluding carboxylic acids is 1. The molecule has 0 radical (unpaired) electrons. The second kappa shape index (κ2) is 3.24. The van der Waals surface area contributed by atoms with Gasteiger partial charge in [0.2, 0.25) is 0 Å². The highest BCUT2D eigenvalue weighted by atomic mass is 19.4. The molecule has 0 spiro atoms. The van der Waals surface area contributed by atoms with Gasteiger partial charge in [-0.15, -0.1) is 0 Å². The van der Waals surface area contributed by atoms with Gasteiger partial charge in [-0.05, 0) is 6.42 Å². The maximum Gasteiger partial charge on any atom is 0.508 e. The zero-order valence-electron chi connectivity index (χ0n) is 6.13. The molecule has 1 rings (SSSR count). The Labute approximate surface area is 66.9 Å². The van der Waals surface area contributed by atoms with Crippen LogP contribution in [0.3, 0.4) is 0 Å². The van der Waals surface area contributed by atoms with Crippen LogP contribution in [0.2, 0.25) is 6.32 Å². The van der Waals surface area contributed by atoms with Gasteiger partial charge in [0.1, 0.15) is 12.7 Å². The van der Waals surface area contributed by atoms with Crippen molar-refractivity contribution in [3.63, 3.8) is 0 Å². The molecule has 0 aliphatic carbocycles. The lowest BCUT2D eigenvalue weighted by Gasteiger charge is -2.14. The van der Waals surface area contributed by atoms with Crippen molar-refractivity contribution in [2.24, 2.45) is 0 Å². The van der Waals surface area contributed by atoms with Gasteiger partial charge in [0, 0.05) is 0 Å². The van der Waals surface area contributed by atoms with Crippen molar-refractivity contribution in [3.05, 3.63) is 0 Å². The summed E-state index contributed by atoms with van der Waals surface area (Å²) in [7, 11) is 0. The molecule has 1 unspecified atom stereocenters. The summed E-state index contributed by atoms with van der Waals surface area (Å²) in [6, 6.07) is 0. The van der Waals surface area contributed by atoms with Gasteiger partial charge < -0.3 is 22.4 Å². The minimum Gasteiger partial charge on any atom is -0.449 e. The lowest BCUT2D eigenvalue weighted by atomic mass is 9.83. The number of hydrogen-bond acceptors (Lipinski definition) is 3. The molecule has 1 heterocycles. The predicted octanol–water partition coefficient (Wildman–Crippen LogP) is 1.76. The molecule has 1 aliphatic heterocycles. The van der Waals surface area contributed by atoms with E-state index in [0.29, 0.717) is 0 Å². The van der Waals surface area contributed by atoms with Gasteiger partial charge in [-0.1, -0.05) is 6.32 Å². The highest BCUT2D eigenvalue weighted by Gasteiger charge is 2.29. The minimum atomic E-state index is -4.78. The van der Waals surface area contributed by atoms with Crippen molar-refractivity contribution in [1.82, 2.24) is 0 Å². The first-order chi connectivity index (χ1) is 5.47. The summed E-state index contributed by atoms with van der Waals surface area (Å²) in [5, 5.41) is 0. The van der Waals surface area contributed by atoms with Crippen LogP contribution in [-0.2, 0) is 9.47 Å². The fourth-order valence-electron chi connectivity index (χ4n) is 0.882. The van der Waals surface area contributed by atoms with Crippen LogP contribution >= 0.6 is 0 Å². The third kappa shape index (κ3) is 3.02. The lowest BCUT2D eigenvalue weighted by Crippen LogP contribution is -2.19. The summed E-state index contributed by atoms with van der Waals surface area (Å²) in [6.45, 7) is -4.85. The second-order valence-corrected chi connectivity index (χ2v) is 2.59. The van der Waals surface area contributed by atoms with Crippen LogP contribution in [0.5, 0.6) is 0 Å². The Hall–Kier alpha value is -0.875. The topological polar surface area (TPSA) is 35.5 Å². The molecule has 12 heavy (non-hydrogen) atoms. The minimum absolute atomic E-state index is 0.0645. The van der Waals surface area contributed by atoms with E-state index in [1.807, 2.05) is 0 Å². The number of halogens is 3. The average molecular weight is 183 g/mol. The molecule has 0 N–H and O–H groups in total. The smallest absolute Gasteiger partial charge is 0.449 e.